The number of hydrogen-bond donors (Lipinski definition) is 1. The van der Waals surface area contributed by atoms with Crippen LogP contribution in [0.25, 0.3) is 6.08 Å². The number of non-ortho nitro benzene ring substituents is 1. The van der Waals surface area contributed by atoms with Crippen LogP contribution in [0.15, 0.2) is 65.6 Å². The first kappa shape index (κ1) is 28.4. The summed E-state index contributed by atoms with van der Waals surface area (Å²) in [5, 5.41) is 13.4. The van der Waals surface area contributed by atoms with Crippen LogP contribution >= 0.6 is 46.0 Å². The van der Waals surface area contributed by atoms with Crippen LogP contribution < -0.4 is 14.8 Å². The lowest BCUT2D eigenvalue weighted by Crippen LogP contribution is -2.36. The van der Waals surface area contributed by atoms with Gasteiger partial charge in [0.05, 0.1) is 31.2 Å². The summed E-state index contributed by atoms with van der Waals surface area (Å²) in [6, 6.07) is 16.1. The normalized spacial score (nSPS) is 14.0. The van der Waals surface area contributed by atoms with Crippen molar-refractivity contribution < 1.29 is 28.8 Å². The summed E-state index contributed by atoms with van der Waals surface area (Å²) in [5.41, 5.74) is 1.52. The molecule has 39 heavy (non-hydrogen) atoms. The third kappa shape index (κ3) is 6.88. The van der Waals surface area contributed by atoms with Gasteiger partial charge in [-0.25, -0.2) is 0 Å². The fourth-order valence-corrected chi connectivity index (χ4v) is 5.36. The first-order chi connectivity index (χ1) is 18.7. The van der Waals surface area contributed by atoms with Gasteiger partial charge in [-0.1, -0.05) is 35.9 Å². The molecule has 0 atom stereocenters. The van der Waals surface area contributed by atoms with Gasteiger partial charge in [-0.15, -0.1) is 0 Å². The molecule has 0 aliphatic carbocycles. The number of thioether (sulfide) groups is 1. The zero-order valence-corrected chi connectivity index (χ0v) is 23.9. The molecule has 1 aliphatic heterocycles. The van der Waals surface area contributed by atoms with E-state index in [4.69, 9.17) is 21.1 Å². The quantitative estimate of drug-likeness (QED) is 0.124. The van der Waals surface area contributed by atoms with E-state index in [0.717, 1.165) is 16.7 Å². The zero-order valence-electron chi connectivity index (χ0n) is 20.2. The number of rotatable bonds is 9. The lowest BCUT2D eigenvalue weighted by molar-refractivity contribution is -0.384. The van der Waals surface area contributed by atoms with Gasteiger partial charge in [0, 0.05) is 12.1 Å². The summed E-state index contributed by atoms with van der Waals surface area (Å²) in [6.07, 6.45) is 1.53. The number of hydrogen-bond acceptors (Lipinski definition) is 8. The van der Waals surface area contributed by atoms with E-state index < -0.39 is 28.5 Å². The SMILES string of the molecule is COc1cc(/C=C2/SC(=O)N(CC(=O)Nc3ccccc3Cl)C2=O)cc(I)c1OCc1cccc([N+](=O)[O-])c1. The van der Waals surface area contributed by atoms with Gasteiger partial charge >= 0.3 is 0 Å². The maximum absolute atomic E-state index is 12.9. The molecule has 10 nitrogen and oxygen atoms in total. The Bertz CT molecular complexity index is 1510. The number of nitrogens with zero attached hydrogens (tertiary/aromatic N) is 2. The van der Waals surface area contributed by atoms with Crippen molar-refractivity contribution in [2.75, 3.05) is 19.0 Å². The highest BCUT2D eigenvalue weighted by molar-refractivity contribution is 14.1. The van der Waals surface area contributed by atoms with E-state index in [9.17, 15) is 24.5 Å². The monoisotopic (exact) mass is 679 g/mol. The number of carbonyl (C=O) groups is 3. The minimum Gasteiger partial charge on any atom is -0.493 e. The highest BCUT2D eigenvalue weighted by Gasteiger charge is 2.36. The van der Waals surface area contributed by atoms with E-state index in [-0.39, 0.29) is 17.2 Å². The first-order valence-corrected chi connectivity index (χ1v) is 13.5. The summed E-state index contributed by atoms with van der Waals surface area (Å²) < 4.78 is 12.0. The molecule has 200 valence electrons. The standard InChI is InChI=1S/C26H19ClIN3O7S/c1-37-21-11-16(10-19(28)24(21)38-14-15-5-4-6-17(9-15)31(35)36)12-22-25(33)30(26(34)39-22)13-23(32)29-20-8-3-2-7-18(20)27/h2-12H,13-14H2,1H3,(H,29,32)/b22-12+. The van der Waals surface area contributed by atoms with Crippen LogP contribution in [0.1, 0.15) is 11.1 Å². The molecule has 0 saturated carbocycles. The number of anilines is 1. The average molecular weight is 680 g/mol. The van der Waals surface area contributed by atoms with Gasteiger partial charge in [0.2, 0.25) is 5.91 Å². The maximum Gasteiger partial charge on any atom is 0.294 e. The molecular weight excluding hydrogens is 661 g/mol. The van der Waals surface area contributed by atoms with Crippen LogP contribution in [0.5, 0.6) is 11.5 Å². The highest BCUT2D eigenvalue weighted by Crippen LogP contribution is 2.38. The van der Waals surface area contributed by atoms with Gasteiger partial charge in [0.1, 0.15) is 13.2 Å². The Morgan fingerprint density at radius 2 is 1.95 bits per heavy atom. The molecule has 1 aliphatic rings. The minimum absolute atomic E-state index is 0.0385. The van der Waals surface area contributed by atoms with Crippen LogP contribution in [0.3, 0.4) is 0 Å². The number of methoxy groups -OCH3 is 1. The van der Waals surface area contributed by atoms with E-state index in [0.29, 0.717) is 36.9 Å². The van der Waals surface area contributed by atoms with Gasteiger partial charge < -0.3 is 14.8 Å². The third-order valence-corrected chi connectivity index (χ3v) is 7.42. The summed E-state index contributed by atoms with van der Waals surface area (Å²) in [6.45, 7) is -0.388. The van der Waals surface area contributed by atoms with Gasteiger partial charge in [0.25, 0.3) is 16.8 Å². The van der Waals surface area contributed by atoms with E-state index >= 15 is 0 Å². The van der Waals surface area contributed by atoms with Crippen LogP contribution in [0.2, 0.25) is 5.02 Å². The average Bonchev–Trinajstić information content (AvgIpc) is 3.16. The number of para-hydroxylation sites is 1. The maximum atomic E-state index is 12.9. The number of nitro groups is 1. The molecule has 0 unspecified atom stereocenters. The van der Waals surface area contributed by atoms with Gasteiger partial charge in [-0.05, 0) is 75.8 Å². The Labute approximate surface area is 245 Å². The molecule has 3 aromatic carbocycles. The molecule has 1 N–H and O–H groups in total. The Morgan fingerprint density at radius 3 is 2.67 bits per heavy atom. The second-order valence-electron chi connectivity index (χ2n) is 8.05. The fraction of sp³-hybridized carbons (Fsp3) is 0.115. The third-order valence-electron chi connectivity index (χ3n) is 5.38. The molecule has 13 heteroatoms. The fourth-order valence-electron chi connectivity index (χ4n) is 3.56. The van der Waals surface area contributed by atoms with Crippen LogP contribution in [-0.4, -0.2) is 40.5 Å². The smallest absolute Gasteiger partial charge is 0.294 e. The summed E-state index contributed by atoms with van der Waals surface area (Å²) in [7, 11) is 1.46. The zero-order chi connectivity index (χ0) is 28.1. The summed E-state index contributed by atoms with van der Waals surface area (Å²) in [4.78, 5) is 49.4. The van der Waals surface area contributed by atoms with Crippen molar-refractivity contribution in [1.82, 2.24) is 4.90 Å². The molecule has 0 aromatic heterocycles. The van der Waals surface area contributed by atoms with E-state index in [1.165, 1.54) is 25.3 Å². The Balaban J connectivity index is 1.47. The molecule has 0 spiro atoms. The van der Waals surface area contributed by atoms with E-state index in [1.807, 2.05) is 22.6 Å². The number of amides is 3. The van der Waals surface area contributed by atoms with Crippen LogP contribution in [-0.2, 0) is 16.2 Å². The molecule has 3 amide bonds. The number of halogens is 2. The molecule has 3 aromatic rings. The van der Waals surface area contributed by atoms with E-state index in [2.05, 4.69) is 5.32 Å². The van der Waals surface area contributed by atoms with E-state index in [1.54, 1.807) is 48.5 Å². The molecule has 1 saturated heterocycles. The number of ether oxygens (including phenoxy) is 2. The van der Waals surface area contributed by atoms with Gasteiger partial charge in [-0.3, -0.25) is 29.4 Å². The molecule has 1 heterocycles. The largest absolute Gasteiger partial charge is 0.493 e. The topological polar surface area (TPSA) is 128 Å². The highest BCUT2D eigenvalue weighted by atomic mass is 127. The summed E-state index contributed by atoms with van der Waals surface area (Å²) >= 11 is 8.83. The number of nitro benzene ring substituents is 1. The minimum atomic E-state index is -0.598. The van der Waals surface area contributed by atoms with Gasteiger partial charge in [0.15, 0.2) is 11.5 Å². The predicted molar refractivity (Wildman–Crippen MR) is 156 cm³/mol. The Morgan fingerprint density at radius 1 is 1.18 bits per heavy atom. The number of nitrogens with one attached hydrogen (secondary N) is 1. The second kappa shape index (κ2) is 12.5. The second-order valence-corrected chi connectivity index (χ2v) is 10.6. The lowest BCUT2D eigenvalue weighted by Gasteiger charge is -2.14. The van der Waals surface area contributed by atoms with Crippen molar-refractivity contribution in [3.8, 4) is 11.5 Å². The van der Waals surface area contributed by atoms with Crippen LogP contribution in [0, 0.1) is 13.7 Å². The van der Waals surface area contributed by atoms with Crippen molar-refractivity contribution >= 4 is 80.5 Å². The summed E-state index contributed by atoms with van der Waals surface area (Å²) in [5.74, 6) is -0.365. The van der Waals surface area contributed by atoms with Crippen molar-refractivity contribution in [3.63, 3.8) is 0 Å². The molecule has 4 rings (SSSR count). The van der Waals surface area contributed by atoms with Crippen LogP contribution in [0.4, 0.5) is 16.2 Å². The first-order valence-electron chi connectivity index (χ1n) is 11.2. The number of carbonyl (C=O) groups excluding carboxylic acids is 3. The molecular formula is C26H19ClIN3O7S. The van der Waals surface area contributed by atoms with Crippen molar-refractivity contribution in [2.24, 2.45) is 0 Å². The lowest BCUT2D eigenvalue weighted by atomic mass is 10.1. The Kier molecular flexibility index (Phi) is 9.09. The predicted octanol–water partition coefficient (Wildman–Crippen LogP) is 6.12. The van der Waals surface area contributed by atoms with Crippen molar-refractivity contribution in [3.05, 3.63) is 95.4 Å². The Hall–Kier alpha value is -3.62. The molecule has 0 radical (unpaired) electrons. The van der Waals surface area contributed by atoms with Gasteiger partial charge in [-0.2, -0.15) is 0 Å². The molecule has 1 fully saturated rings. The van der Waals surface area contributed by atoms with Crippen molar-refractivity contribution in [1.29, 1.82) is 0 Å². The molecule has 0 bridgehead atoms. The number of imide groups is 1. The van der Waals surface area contributed by atoms with Crippen molar-refractivity contribution in [2.45, 2.75) is 6.61 Å². The number of benzene rings is 3.